The normalized spacial score (nSPS) is 11.9. The second-order valence-electron chi connectivity index (χ2n) is 6.43. The second-order valence-corrected chi connectivity index (χ2v) is 8.20. The van der Waals surface area contributed by atoms with E-state index in [-0.39, 0.29) is 17.1 Å². The summed E-state index contributed by atoms with van der Waals surface area (Å²) in [5.41, 5.74) is 3.24. The molecule has 0 heterocycles. The molecule has 0 spiro atoms. The van der Waals surface area contributed by atoms with E-state index >= 15 is 0 Å². The van der Waals surface area contributed by atoms with Gasteiger partial charge >= 0.3 is 0 Å². The lowest BCUT2D eigenvalue weighted by Gasteiger charge is -2.14. The lowest BCUT2D eigenvalue weighted by Crippen LogP contribution is -2.41. The van der Waals surface area contributed by atoms with E-state index in [1.165, 1.54) is 29.3 Å². The number of nitro benzene ring substituents is 1. The van der Waals surface area contributed by atoms with Gasteiger partial charge in [0, 0.05) is 38.8 Å². The summed E-state index contributed by atoms with van der Waals surface area (Å²) in [6.07, 6.45) is 0. The number of sulfonamides is 1. The molecule has 10 heteroatoms. The number of aliphatic imine (C=N–C) groups is 1. The number of nitrogens with zero attached hydrogens (tertiary/aromatic N) is 2. The van der Waals surface area contributed by atoms with Gasteiger partial charge in [0.15, 0.2) is 5.96 Å². The first-order valence-corrected chi connectivity index (χ1v) is 10.5. The number of benzene rings is 2. The van der Waals surface area contributed by atoms with Crippen LogP contribution in [-0.2, 0) is 16.6 Å². The van der Waals surface area contributed by atoms with Crippen LogP contribution in [0.25, 0.3) is 0 Å². The minimum atomic E-state index is -3.84. The van der Waals surface area contributed by atoms with Crippen molar-refractivity contribution >= 4 is 21.7 Å². The van der Waals surface area contributed by atoms with Crippen LogP contribution in [0.1, 0.15) is 16.7 Å². The Labute approximate surface area is 170 Å². The lowest BCUT2D eigenvalue weighted by atomic mass is 10.1. The highest BCUT2D eigenvalue weighted by molar-refractivity contribution is 7.89. The summed E-state index contributed by atoms with van der Waals surface area (Å²) >= 11 is 0. The third kappa shape index (κ3) is 6.54. The molecule has 0 amide bonds. The zero-order valence-corrected chi connectivity index (χ0v) is 17.4. The van der Waals surface area contributed by atoms with Gasteiger partial charge in [-0.2, -0.15) is 0 Å². The molecule has 0 bridgehead atoms. The molecule has 0 aliphatic rings. The molecule has 0 radical (unpaired) electrons. The van der Waals surface area contributed by atoms with Gasteiger partial charge in [-0.1, -0.05) is 29.8 Å². The summed E-state index contributed by atoms with van der Waals surface area (Å²) < 4.78 is 27.0. The van der Waals surface area contributed by atoms with E-state index in [9.17, 15) is 18.5 Å². The van der Waals surface area contributed by atoms with Crippen LogP contribution in [0.2, 0.25) is 0 Å². The first-order valence-electron chi connectivity index (χ1n) is 8.97. The number of non-ortho nitro benzene ring substituents is 1. The van der Waals surface area contributed by atoms with E-state index in [0.717, 1.165) is 11.6 Å². The molecular formula is C19H25N5O4S. The van der Waals surface area contributed by atoms with Gasteiger partial charge in [-0.25, -0.2) is 13.1 Å². The molecule has 2 rings (SSSR count). The molecule has 9 nitrogen and oxygen atoms in total. The molecule has 156 valence electrons. The summed E-state index contributed by atoms with van der Waals surface area (Å²) in [5, 5.41) is 17.0. The highest BCUT2D eigenvalue weighted by Crippen LogP contribution is 2.16. The Morgan fingerprint density at radius 1 is 1.10 bits per heavy atom. The van der Waals surface area contributed by atoms with E-state index in [2.05, 4.69) is 32.5 Å². The smallest absolute Gasteiger partial charge is 0.270 e. The van der Waals surface area contributed by atoms with Gasteiger partial charge in [-0.15, -0.1) is 0 Å². The monoisotopic (exact) mass is 419 g/mol. The second kappa shape index (κ2) is 9.99. The fraction of sp³-hybridized carbons (Fsp3) is 0.316. The van der Waals surface area contributed by atoms with Crippen LogP contribution >= 0.6 is 0 Å². The van der Waals surface area contributed by atoms with Crippen LogP contribution in [0, 0.1) is 24.0 Å². The van der Waals surface area contributed by atoms with Crippen LogP contribution in [-0.4, -0.2) is 39.4 Å². The van der Waals surface area contributed by atoms with Crippen LogP contribution < -0.4 is 15.4 Å². The van der Waals surface area contributed by atoms with Crippen molar-refractivity contribution in [3.63, 3.8) is 0 Å². The molecular weight excluding hydrogens is 394 g/mol. The molecule has 0 fully saturated rings. The first-order chi connectivity index (χ1) is 13.7. The predicted molar refractivity (Wildman–Crippen MR) is 112 cm³/mol. The average molecular weight is 420 g/mol. The van der Waals surface area contributed by atoms with E-state index in [1.54, 1.807) is 7.05 Å². The molecule has 0 saturated heterocycles. The van der Waals surface area contributed by atoms with Crippen LogP contribution in [0.4, 0.5) is 5.69 Å². The van der Waals surface area contributed by atoms with Crippen molar-refractivity contribution in [2.24, 2.45) is 4.99 Å². The van der Waals surface area contributed by atoms with Crippen molar-refractivity contribution < 1.29 is 13.3 Å². The SMILES string of the molecule is CN=C(NCCNS(=O)(=O)c1cccc([N+](=O)[O-])c1)NCc1ccc(C)cc1C. The van der Waals surface area contributed by atoms with Crippen molar-refractivity contribution in [2.45, 2.75) is 25.3 Å². The minimum Gasteiger partial charge on any atom is -0.355 e. The predicted octanol–water partition coefficient (Wildman–Crippen LogP) is 1.86. The summed E-state index contributed by atoms with van der Waals surface area (Å²) in [6, 6.07) is 11.1. The van der Waals surface area contributed by atoms with Crippen molar-refractivity contribution in [3.8, 4) is 0 Å². The third-order valence-electron chi connectivity index (χ3n) is 4.22. The standard InChI is InChI=1S/C19H25N5O4S/c1-14-7-8-16(15(2)11-14)13-22-19(20-3)21-9-10-23-29(27,28)18-6-4-5-17(12-18)24(25)26/h4-8,11-12,23H,9-10,13H2,1-3H3,(H2,20,21,22). The summed E-state index contributed by atoms with van der Waals surface area (Å²) in [7, 11) is -2.21. The number of guanidine groups is 1. The minimum absolute atomic E-state index is 0.0925. The molecule has 0 saturated carbocycles. The van der Waals surface area contributed by atoms with E-state index in [4.69, 9.17) is 0 Å². The van der Waals surface area contributed by atoms with E-state index in [1.807, 2.05) is 19.9 Å². The maximum Gasteiger partial charge on any atom is 0.270 e. The maximum atomic E-state index is 12.3. The number of rotatable bonds is 8. The quantitative estimate of drug-likeness (QED) is 0.197. The Morgan fingerprint density at radius 2 is 1.86 bits per heavy atom. The molecule has 0 aliphatic heterocycles. The lowest BCUT2D eigenvalue weighted by molar-refractivity contribution is -0.385. The van der Waals surface area contributed by atoms with Gasteiger partial charge in [0.2, 0.25) is 10.0 Å². The van der Waals surface area contributed by atoms with E-state index in [0.29, 0.717) is 19.0 Å². The van der Waals surface area contributed by atoms with Crippen molar-refractivity contribution in [1.29, 1.82) is 0 Å². The number of aryl methyl sites for hydroxylation is 2. The average Bonchev–Trinajstić information content (AvgIpc) is 2.68. The molecule has 29 heavy (non-hydrogen) atoms. The summed E-state index contributed by atoms with van der Waals surface area (Å²) in [6.45, 7) is 5.06. The summed E-state index contributed by atoms with van der Waals surface area (Å²) in [4.78, 5) is 14.1. The molecule has 2 aromatic carbocycles. The Hall–Kier alpha value is -2.98. The van der Waals surface area contributed by atoms with Gasteiger partial charge in [0.1, 0.15) is 0 Å². The molecule has 2 aromatic rings. The number of nitro groups is 1. The molecule has 0 atom stereocenters. The van der Waals surface area contributed by atoms with Crippen molar-refractivity contribution in [3.05, 3.63) is 69.3 Å². The third-order valence-corrected chi connectivity index (χ3v) is 5.67. The Kier molecular flexibility index (Phi) is 7.68. The molecule has 3 N–H and O–H groups in total. The van der Waals surface area contributed by atoms with E-state index < -0.39 is 14.9 Å². The topological polar surface area (TPSA) is 126 Å². The van der Waals surface area contributed by atoms with Gasteiger partial charge in [0.25, 0.3) is 5.69 Å². The number of nitrogens with one attached hydrogen (secondary N) is 3. The Morgan fingerprint density at radius 3 is 2.52 bits per heavy atom. The maximum absolute atomic E-state index is 12.3. The molecule has 0 aromatic heterocycles. The number of hydrogen-bond donors (Lipinski definition) is 3. The van der Waals surface area contributed by atoms with Crippen LogP contribution in [0.3, 0.4) is 0 Å². The van der Waals surface area contributed by atoms with Crippen molar-refractivity contribution in [2.75, 3.05) is 20.1 Å². The zero-order chi connectivity index (χ0) is 21.4. The summed E-state index contributed by atoms with van der Waals surface area (Å²) in [5.74, 6) is 0.541. The number of hydrogen-bond acceptors (Lipinski definition) is 5. The van der Waals surface area contributed by atoms with Gasteiger partial charge < -0.3 is 10.6 Å². The van der Waals surface area contributed by atoms with Crippen molar-refractivity contribution in [1.82, 2.24) is 15.4 Å². The Bertz CT molecular complexity index is 1010. The molecule has 0 unspecified atom stereocenters. The van der Waals surface area contributed by atoms with Crippen LogP contribution in [0.15, 0.2) is 52.4 Å². The highest BCUT2D eigenvalue weighted by atomic mass is 32.2. The largest absolute Gasteiger partial charge is 0.355 e. The van der Waals surface area contributed by atoms with Gasteiger partial charge in [-0.05, 0) is 31.0 Å². The Balaban J connectivity index is 1.85. The first kappa shape index (κ1) is 22.3. The highest BCUT2D eigenvalue weighted by Gasteiger charge is 2.17. The zero-order valence-electron chi connectivity index (χ0n) is 16.6. The molecule has 0 aliphatic carbocycles. The van der Waals surface area contributed by atoms with Crippen LogP contribution in [0.5, 0.6) is 0 Å². The fourth-order valence-electron chi connectivity index (χ4n) is 2.66. The van der Waals surface area contributed by atoms with Gasteiger partial charge in [-0.3, -0.25) is 15.1 Å². The van der Waals surface area contributed by atoms with Gasteiger partial charge in [0.05, 0.1) is 9.82 Å². The fourth-order valence-corrected chi connectivity index (χ4v) is 3.73.